The zero-order valence-corrected chi connectivity index (χ0v) is 9.82. The zero-order chi connectivity index (χ0) is 10.3. The molecule has 3 N–H and O–H groups in total. The van der Waals surface area contributed by atoms with Gasteiger partial charge in [0.2, 0.25) is 0 Å². The summed E-state index contributed by atoms with van der Waals surface area (Å²) in [4.78, 5) is 2.74. The van der Waals surface area contributed by atoms with Crippen LogP contribution in [0.3, 0.4) is 0 Å². The Morgan fingerprint density at radius 3 is 2.57 bits per heavy atom. The third-order valence-corrected chi connectivity index (χ3v) is 4.32. The first-order chi connectivity index (χ1) is 6.54. The van der Waals surface area contributed by atoms with Gasteiger partial charge in [-0.15, -0.1) is 11.3 Å². The van der Waals surface area contributed by atoms with Crippen LogP contribution in [0.5, 0.6) is 0 Å². The van der Waals surface area contributed by atoms with E-state index >= 15 is 0 Å². The van der Waals surface area contributed by atoms with E-state index in [1.54, 1.807) is 0 Å². The molecule has 2 nitrogen and oxygen atoms in total. The van der Waals surface area contributed by atoms with Gasteiger partial charge in [-0.05, 0) is 36.8 Å². The second-order valence-electron chi connectivity index (χ2n) is 4.89. The molecule has 78 valence electrons. The molecule has 3 heteroatoms. The third-order valence-electron chi connectivity index (χ3n) is 3.24. The van der Waals surface area contributed by atoms with Gasteiger partial charge in [0.05, 0.1) is 6.04 Å². The Hall–Kier alpha value is -0.380. The maximum absolute atomic E-state index is 5.63. The van der Waals surface area contributed by atoms with Crippen LogP contribution >= 0.6 is 11.3 Å². The molecule has 14 heavy (non-hydrogen) atoms. The van der Waals surface area contributed by atoms with Gasteiger partial charge in [-0.25, -0.2) is 0 Å². The van der Waals surface area contributed by atoms with Crippen molar-refractivity contribution < 1.29 is 0 Å². The van der Waals surface area contributed by atoms with Crippen LogP contribution < -0.4 is 11.3 Å². The lowest BCUT2D eigenvalue weighted by atomic mass is 10.0. The summed E-state index contributed by atoms with van der Waals surface area (Å²) in [6.07, 6.45) is 1.28. The maximum Gasteiger partial charge on any atom is 0.0586 e. The highest BCUT2D eigenvalue weighted by Crippen LogP contribution is 2.58. The highest BCUT2D eigenvalue weighted by molar-refractivity contribution is 7.12. The molecule has 0 saturated heterocycles. The van der Waals surface area contributed by atoms with Crippen molar-refractivity contribution in [2.24, 2.45) is 17.2 Å². The molecule has 1 heterocycles. The molecule has 2 rings (SSSR count). The van der Waals surface area contributed by atoms with Gasteiger partial charge in [0, 0.05) is 9.75 Å². The molecule has 1 aromatic heterocycles. The van der Waals surface area contributed by atoms with Gasteiger partial charge >= 0.3 is 0 Å². The second kappa shape index (κ2) is 3.33. The fraction of sp³-hybridized carbons (Fsp3) is 0.636. The molecule has 1 aromatic rings. The predicted molar refractivity (Wildman–Crippen MR) is 61.0 cm³/mol. The second-order valence-corrected chi connectivity index (χ2v) is 6.21. The van der Waals surface area contributed by atoms with Gasteiger partial charge in [-0.1, -0.05) is 13.8 Å². The maximum atomic E-state index is 5.63. The van der Waals surface area contributed by atoms with E-state index < -0.39 is 0 Å². The molecule has 1 fully saturated rings. The fourth-order valence-corrected chi connectivity index (χ4v) is 3.10. The van der Waals surface area contributed by atoms with Crippen LogP contribution in [0.2, 0.25) is 0 Å². The summed E-state index contributed by atoms with van der Waals surface area (Å²) in [5.74, 6) is 6.33. The number of nitrogens with two attached hydrogens (primary N) is 1. The highest BCUT2D eigenvalue weighted by Gasteiger charge is 2.50. The molecule has 0 bridgehead atoms. The van der Waals surface area contributed by atoms with Crippen molar-refractivity contribution in [2.75, 3.05) is 0 Å². The third kappa shape index (κ3) is 1.72. The Kier molecular flexibility index (Phi) is 2.41. The first-order valence-corrected chi connectivity index (χ1v) is 5.89. The SMILES string of the molecule is Cc1ccc(C(NN)C2CC2(C)C)s1. The molecule has 0 aromatic carbocycles. The number of hydrogen-bond acceptors (Lipinski definition) is 3. The number of hydrogen-bond donors (Lipinski definition) is 2. The van der Waals surface area contributed by atoms with Gasteiger partial charge < -0.3 is 0 Å². The average molecular weight is 210 g/mol. The van der Waals surface area contributed by atoms with Gasteiger partial charge in [0.1, 0.15) is 0 Å². The Labute approximate surface area is 89.5 Å². The molecular formula is C11H18N2S. The van der Waals surface area contributed by atoms with E-state index in [4.69, 9.17) is 5.84 Å². The number of hydrazine groups is 1. The molecule has 1 aliphatic rings. The lowest BCUT2D eigenvalue weighted by Crippen LogP contribution is -2.30. The fourth-order valence-electron chi connectivity index (χ4n) is 2.09. The zero-order valence-electron chi connectivity index (χ0n) is 9.00. The van der Waals surface area contributed by atoms with Gasteiger partial charge in [0.15, 0.2) is 0 Å². The van der Waals surface area contributed by atoms with Crippen molar-refractivity contribution >= 4 is 11.3 Å². The molecule has 0 aliphatic heterocycles. The minimum Gasteiger partial charge on any atom is -0.271 e. The van der Waals surface area contributed by atoms with Crippen molar-refractivity contribution in [3.63, 3.8) is 0 Å². The molecule has 0 amide bonds. The molecule has 0 spiro atoms. The van der Waals surface area contributed by atoms with Crippen molar-refractivity contribution in [3.8, 4) is 0 Å². The van der Waals surface area contributed by atoms with Crippen LogP contribution in [0.1, 0.15) is 36.1 Å². The van der Waals surface area contributed by atoms with Crippen LogP contribution in [0, 0.1) is 18.3 Å². The van der Waals surface area contributed by atoms with E-state index in [0.29, 0.717) is 17.4 Å². The van der Waals surface area contributed by atoms with Crippen LogP contribution in [0.25, 0.3) is 0 Å². The lowest BCUT2D eigenvalue weighted by Gasteiger charge is -2.15. The van der Waals surface area contributed by atoms with E-state index in [1.807, 2.05) is 11.3 Å². The minimum atomic E-state index is 0.351. The van der Waals surface area contributed by atoms with E-state index in [9.17, 15) is 0 Å². The van der Waals surface area contributed by atoms with Crippen LogP contribution in [0.15, 0.2) is 12.1 Å². The van der Waals surface area contributed by atoms with E-state index in [-0.39, 0.29) is 0 Å². The van der Waals surface area contributed by atoms with E-state index in [2.05, 4.69) is 38.3 Å². The molecule has 2 unspecified atom stereocenters. The standard InChI is InChI=1S/C11H18N2S/c1-7-4-5-9(14-7)10(13-12)8-6-11(8,2)3/h4-5,8,10,13H,6,12H2,1-3H3. The first kappa shape index (κ1) is 10.1. The quantitative estimate of drug-likeness (QED) is 0.594. The molecule has 1 aliphatic carbocycles. The summed E-state index contributed by atoms with van der Waals surface area (Å²) >= 11 is 1.85. The number of thiophene rings is 1. The normalized spacial score (nSPS) is 26.1. The summed E-state index contributed by atoms with van der Waals surface area (Å²) in [7, 11) is 0. The highest BCUT2D eigenvalue weighted by atomic mass is 32.1. The largest absolute Gasteiger partial charge is 0.271 e. The lowest BCUT2D eigenvalue weighted by molar-refractivity contribution is 0.428. The van der Waals surface area contributed by atoms with Crippen molar-refractivity contribution in [2.45, 2.75) is 33.2 Å². The van der Waals surface area contributed by atoms with Crippen LogP contribution in [-0.4, -0.2) is 0 Å². The minimum absolute atomic E-state index is 0.351. The Balaban J connectivity index is 2.15. The Morgan fingerprint density at radius 1 is 1.57 bits per heavy atom. The topological polar surface area (TPSA) is 38.0 Å². The first-order valence-electron chi connectivity index (χ1n) is 5.07. The van der Waals surface area contributed by atoms with Crippen molar-refractivity contribution in [3.05, 3.63) is 21.9 Å². The summed E-state index contributed by atoms with van der Waals surface area (Å²) in [5, 5.41) is 0. The van der Waals surface area contributed by atoms with Crippen LogP contribution in [-0.2, 0) is 0 Å². The number of rotatable bonds is 3. The molecule has 1 saturated carbocycles. The van der Waals surface area contributed by atoms with Gasteiger partial charge in [-0.3, -0.25) is 11.3 Å². The Morgan fingerprint density at radius 2 is 2.21 bits per heavy atom. The van der Waals surface area contributed by atoms with E-state index in [0.717, 1.165) is 0 Å². The van der Waals surface area contributed by atoms with Gasteiger partial charge in [-0.2, -0.15) is 0 Å². The van der Waals surface area contributed by atoms with E-state index in [1.165, 1.54) is 16.2 Å². The Bertz CT molecular complexity index is 330. The summed E-state index contributed by atoms with van der Waals surface area (Å²) in [6, 6.07) is 4.71. The summed E-state index contributed by atoms with van der Waals surface area (Å²) < 4.78 is 0. The number of aryl methyl sites for hydroxylation is 1. The predicted octanol–water partition coefficient (Wildman–Crippen LogP) is 2.61. The van der Waals surface area contributed by atoms with Crippen molar-refractivity contribution in [1.82, 2.24) is 5.43 Å². The average Bonchev–Trinajstić information content (AvgIpc) is 2.56. The summed E-state index contributed by atoms with van der Waals surface area (Å²) in [6.45, 7) is 6.75. The van der Waals surface area contributed by atoms with Crippen LogP contribution in [0.4, 0.5) is 0 Å². The summed E-state index contributed by atoms with van der Waals surface area (Å²) in [5.41, 5.74) is 3.43. The smallest absolute Gasteiger partial charge is 0.0586 e. The number of nitrogens with one attached hydrogen (secondary N) is 1. The molecular weight excluding hydrogens is 192 g/mol. The van der Waals surface area contributed by atoms with Gasteiger partial charge in [0.25, 0.3) is 0 Å². The molecule has 2 atom stereocenters. The van der Waals surface area contributed by atoms with Crippen molar-refractivity contribution in [1.29, 1.82) is 0 Å². The monoisotopic (exact) mass is 210 g/mol. The molecule has 0 radical (unpaired) electrons.